The molecule has 4 nitrogen and oxygen atoms in total. The van der Waals surface area contributed by atoms with E-state index in [4.69, 9.17) is 14.4 Å². The molecule has 4 heterocycles. The molecule has 4 aromatic heterocycles. The minimum absolute atomic E-state index is 0.576. The maximum atomic E-state index is 6.61. The average molecular weight is 668 g/mol. The van der Waals surface area contributed by atoms with E-state index in [1.165, 1.54) is 57.9 Å². The van der Waals surface area contributed by atoms with Crippen molar-refractivity contribution in [3.8, 4) is 17.2 Å². The molecule has 0 radical (unpaired) electrons. The summed E-state index contributed by atoms with van der Waals surface area (Å²) in [5.74, 6) is 0.589. The van der Waals surface area contributed by atoms with Crippen LogP contribution >= 0.6 is 11.3 Å². The van der Waals surface area contributed by atoms with Crippen molar-refractivity contribution < 1.29 is 4.42 Å². The molecule has 0 saturated heterocycles. The molecule has 0 bridgehead atoms. The third kappa shape index (κ3) is 3.63. The summed E-state index contributed by atoms with van der Waals surface area (Å²) in [5.41, 5.74) is 5.46. The van der Waals surface area contributed by atoms with Crippen LogP contribution in [0.1, 0.15) is 0 Å². The largest absolute Gasteiger partial charge is 0.437 e. The molecule has 236 valence electrons. The van der Waals surface area contributed by atoms with Gasteiger partial charge in [0, 0.05) is 47.3 Å². The molecule has 0 aliphatic heterocycles. The highest BCUT2D eigenvalue weighted by atomic mass is 32.1. The Balaban J connectivity index is 1.30. The van der Waals surface area contributed by atoms with Gasteiger partial charge in [0.15, 0.2) is 0 Å². The number of hydrogen-bond donors (Lipinski definition) is 0. The fourth-order valence-electron chi connectivity index (χ4n) is 8.49. The summed E-state index contributed by atoms with van der Waals surface area (Å²) in [7, 11) is 0. The molecule has 0 atom stereocenters. The number of rotatable bonds is 2. The van der Waals surface area contributed by atoms with Crippen molar-refractivity contribution in [2.45, 2.75) is 0 Å². The second-order valence-electron chi connectivity index (χ2n) is 13.3. The van der Waals surface area contributed by atoms with Gasteiger partial charge in [0.25, 0.3) is 0 Å². The summed E-state index contributed by atoms with van der Waals surface area (Å²) < 4.78 is 11.5. The van der Waals surface area contributed by atoms with E-state index in [0.29, 0.717) is 11.7 Å². The van der Waals surface area contributed by atoms with Crippen LogP contribution in [0.5, 0.6) is 0 Å². The highest BCUT2D eigenvalue weighted by Gasteiger charge is 2.25. The van der Waals surface area contributed by atoms with Crippen LogP contribution in [0, 0.1) is 0 Å². The molecule has 12 rings (SSSR count). The highest BCUT2D eigenvalue weighted by Crippen LogP contribution is 2.48. The Morgan fingerprint density at radius 1 is 0.490 bits per heavy atom. The lowest BCUT2D eigenvalue weighted by atomic mass is 9.94. The monoisotopic (exact) mass is 667 g/mol. The minimum atomic E-state index is 0.576. The lowest BCUT2D eigenvalue weighted by Crippen LogP contribution is -2.03. The van der Waals surface area contributed by atoms with Gasteiger partial charge in [-0.25, -0.2) is 4.98 Å². The summed E-state index contributed by atoms with van der Waals surface area (Å²) in [6.45, 7) is 0. The first-order chi connectivity index (χ1) is 25.3. The lowest BCUT2D eigenvalue weighted by Gasteiger charge is -2.14. The molecule has 0 aliphatic carbocycles. The van der Waals surface area contributed by atoms with Crippen LogP contribution in [-0.2, 0) is 0 Å². The second kappa shape index (κ2) is 10.0. The van der Waals surface area contributed by atoms with Gasteiger partial charge >= 0.3 is 0 Å². The quantitative estimate of drug-likeness (QED) is 0.172. The van der Waals surface area contributed by atoms with Crippen molar-refractivity contribution in [2.75, 3.05) is 0 Å². The Morgan fingerprint density at radius 2 is 1.14 bits per heavy atom. The molecule has 0 spiro atoms. The summed E-state index contributed by atoms with van der Waals surface area (Å²) in [4.78, 5) is 10.9. The van der Waals surface area contributed by atoms with E-state index in [9.17, 15) is 0 Å². The molecule has 12 aromatic rings. The van der Waals surface area contributed by atoms with Gasteiger partial charge < -0.3 is 4.42 Å². The molecular formula is C46H25N3OS. The molecule has 0 aliphatic rings. The van der Waals surface area contributed by atoms with E-state index >= 15 is 0 Å². The fraction of sp³-hybridized carbons (Fsp3) is 0. The molecule has 0 N–H and O–H groups in total. The van der Waals surface area contributed by atoms with E-state index in [2.05, 4.69) is 144 Å². The van der Waals surface area contributed by atoms with Crippen LogP contribution in [0.25, 0.3) is 114 Å². The van der Waals surface area contributed by atoms with Crippen molar-refractivity contribution in [3.05, 3.63) is 152 Å². The van der Waals surface area contributed by atoms with Crippen LogP contribution in [-0.4, -0.2) is 14.5 Å². The van der Waals surface area contributed by atoms with Crippen LogP contribution < -0.4 is 0 Å². The van der Waals surface area contributed by atoms with Gasteiger partial charge in [-0.3, -0.25) is 4.57 Å². The van der Waals surface area contributed by atoms with E-state index in [1.807, 2.05) is 23.5 Å². The van der Waals surface area contributed by atoms with E-state index < -0.39 is 0 Å². The number of benzene rings is 8. The Labute approximate surface area is 294 Å². The Hall–Kier alpha value is -6.56. The van der Waals surface area contributed by atoms with E-state index in [1.54, 1.807) is 0 Å². The van der Waals surface area contributed by atoms with Crippen molar-refractivity contribution in [2.24, 2.45) is 0 Å². The number of fused-ring (bicyclic) bond motifs is 16. The van der Waals surface area contributed by atoms with Gasteiger partial charge in [0.05, 0.1) is 22.1 Å². The summed E-state index contributed by atoms with van der Waals surface area (Å²) in [6, 6.07) is 54.0. The third-order valence-electron chi connectivity index (χ3n) is 10.6. The summed E-state index contributed by atoms with van der Waals surface area (Å²) in [5, 5.41) is 14.1. The zero-order valence-corrected chi connectivity index (χ0v) is 27.9. The van der Waals surface area contributed by atoms with Gasteiger partial charge in [-0.05, 0) is 51.2 Å². The van der Waals surface area contributed by atoms with Gasteiger partial charge in [-0.2, -0.15) is 4.98 Å². The number of hydrogen-bond acceptors (Lipinski definition) is 4. The summed E-state index contributed by atoms with van der Waals surface area (Å²) in [6.07, 6.45) is 0. The van der Waals surface area contributed by atoms with E-state index in [0.717, 1.165) is 44.0 Å². The first kappa shape index (κ1) is 27.3. The van der Waals surface area contributed by atoms with Crippen LogP contribution in [0.4, 0.5) is 0 Å². The predicted molar refractivity (Wildman–Crippen MR) is 214 cm³/mol. The molecular weight excluding hydrogens is 643 g/mol. The van der Waals surface area contributed by atoms with Crippen LogP contribution in [0.15, 0.2) is 156 Å². The van der Waals surface area contributed by atoms with Gasteiger partial charge in [-0.15, -0.1) is 11.3 Å². The van der Waals surface area contributed by atoms with Gasteiger partial charge in [-0.1, -0.05) is 127 Å². The lowest BCUT2D eigenvalue weighted by molar-refractivity contribution is 0.651. The summed E-state index contributed by atoms with van der Waals surface area (Å²) >= 11 is 1.86. The third-order valence-corrected chi connectivity index (χ3v) is 11.8. The van der Waals surface area contributed by atoms with Crippen molar-refractivity contribution in [1.29, 1.82) is 0 Å². The smallest absolute Gasteiger partial charge is 0.238 e. The zero-order valence-electron chi connectivity index (χ0n) is 27.1. The fourth-order valence-corrected chi connectivity index (χ4v) is 9.76. The van der Waals surface area contributed by atoms with Crippen LogP contribution in [0.3, 0.4) is 0 Å². The minimum Gasteiger partial charge on any atom is -0.437 e. The number of aromatic nitrogens is 3. The molecule has 51 heavy (non-hydrogen) atoms. The maximum absolute atomic E-state index is 6.61. The molecule has 0 unspecified atom stereocenters. The standard InChI is InChI=1S/C46H25N3OS/c1-2-14-27-26(13-1)25-35(29-16-4-3-15-28(27)29)42-40-33-20-8-11-23-37(33)50-45(40)48-46(47-42)49-36-22-10-7-19-32(36)41-43(49)31-18-6-5-17-30(31)39-34-21-9-12-24-38(34)51-44(39)41/h1-25H. The average Bonchev–Trinajstić information content (AvgIpc) is 3.87. The maximum Gasteiger partial charge on any atom is 0.238 e. The van der Waals surface area contributed by atoms with Gasteiger partial charge in [0.2, 0.25) is 11.7 Å². The Morgan fingerprint density at radius 3 is 2.00 bits per heavy atom. The number of nitrogens with zero attached hydrogens (tertiary/aromatic N) is 3. The topological polar surface area (TPSA) is 43.9 Å². The second-order valence-corrected chi connectivity index (χ2v) is 14.3. The molecule has 0 saturated carbocycles. The SMILES string of the molecule is c1ccc2c(c1)cc(-c1nc(-n3c4ccccc4c4c5sc6ccccc6c5c5ccccc5c43)nc3oc4ccccc4c13)c1ccccc12. The van der Waals surface area contributed by atoms with E-state index in [-0.39, 0.29) is 0 Å². The number of furan rings is 1. The zero-order chi connectivity index (χ0) is 33.2. The van der Waals surface area contributed by atoms with Crippen molar-refractivity contribution in [3.63, 3.8) is 0 Å². The molecule has 5 heteroatoms. The first-order valence-electron chi connectivity index (χ1n) is 17.2. The van der Waals surface area contributed by atoms with Gasteiger partial charge in [0.1, 0.15) is 5.58 Å². The Bertz CT molecular complexity index is 3440. The highest BCUT2D eigenvalue weighted by molar-refractivity contribution is 7.27. The Kier molecular flexibility index (Phi) is 5.35. The van der Waals surface area contributed by atoms with Crippen LogP contribution in [0.2, 0.25) is 0 Å². The molecule has 8 aromatic carbocycles. The molecule has 0 amide bonds. The molecule has 0 fully saturated rings. The predicted octanol–water partition coefficient (Wildman–Crippen LogP) is 13.0. The number of thiophene rings is 1. The number of para-hydroxylation sites is 2. The van der Waals surface area contributed by atoms with Crippen molar-refractivity contribution >= 4 is 108 Å². The van der Waals surface area contributed by atoms with Crippen molar-refractivity contribution in [1.82, 2.24) is 14.5 Å². The normalized spacial score (nSPS) is 12.3. The first-order valence-corrected chi connectivity index (χ1v) is 18.0.